The SMILES string of the molecule is c1cnc2c(c1)CCCC2Nc1cnc2ccccc2c1. The second kappa shape index (κ2) is 5.17. The van der Waals surface area contributed by atoms with E-state index in [1.807, 2.05) is 36.7 Å². The molecule has 0 bridgehead atoms. The van der Waals surface area contributed by atoms with Crippen molar-refractivity contribution in [2.75, 3.05) is 5.32 Å². The molecule has 0 aliphatic heterocycles. The van der Waals surface area contributed by atoms with Crippen molar-refractivity contribution in [3.05, 3.63) is 66.1 Å². The third-order valence-corrected chi connectivity index (χ3v) is 4.13. The van der Waals surface area contributed by atoms with Gasteiger partial charge in [0.05, 0.1) is 29.1 Å². The Morgan fingerprint density at radius 3 is 3.00 bits per heavy atom. The molecule has 1 N–H and O–H groups in total. The van der Waals surface area contributed by atoms with Crippen LogP contribution in [0.4, 0.5) is 5.69 Å². The summed E-state index contributed by atoms with van der Waals surface area (Å²) >= 11 is 0. The number of anilines is 1. The van der Waals surface area contributed by atoms with E-state index in [2.05, 4.69) is 33.5 Å². The van der Waals surface area contributed by atoms with Crippen LogP contribution in [0.1, 0.15) is 30.1 Å². The lowest BCUT2D eigenvalue weighted by Gasteiger charge is -2.26. The first-order valence-electron chi connectivity index (χ1n) is 7.45. The van der Waals surface area contributed by atoms with Crippen LogP contribution >= 0.6 is 0 Å². The minimum absolute atomic E-state index is 0.290. The Balaban J connectivity index is 1.66. The minimum Gasteiger partial charge on any atom is -0.375 e. The molecule has 1 unspecified atom stereocenters. The minimum atomic E-state index is 0.290. The van der Waals surface area contributed by atoms with Gasteiger partial charge in [0.25, 0.3) is 0 Å². The number of nitrogens with zero attached hydrogens (tertiary/aromatic N) is 2. The fourth-order valence-corrected chi connectivity index (χ4v) is 3.10. The summed E-state index contributed by atoms with van der Waals surface area (Å²) in [4.78, 5) is 9.10. The zero-order chi connectivity index (χ0) is 14.1. The lowest BCUT2D eigenvalue weighted by molar-refractivity contribution is 0.583. The van der Waals surface area contributed by atoms with Gasteiger partial charge >= 0.3 is 0 Å². The first-order valence-corrected chi connectivity index (χ1v) is 7.45. The Morgan fingerprint density at radius 1 is 1.05 bits per heavy atom. The number of aromatic nitrogens is 2. The molecule has 3 nitrogen and oxygen atoms in total. The summed E-state index contributed by atoms with van der Waals surface area (Å²) in [5.41, 5.74) is 4.66. The highest BCUT2D eigenvalue weighted by atomic mass is 15.0. The van der Waals surface area contributed by atoms with Crippen LogP contribution in [0.5, 0.6) is 0 Å². The number of pyridine rings is 2. The van der Waals surface area contributed by atoms with E-state index in [1.165, 1.54) is 23.1 Å². The van der Waals surface area contributed by atoms with Crippen LogP contribution in [0.25, 0.3) is 10.9 Å². The Labute approximate surface area is 124 Å². The van der Waals surface area contributed by atoms with Gasteiger partial charge in [0.2, 0.25) is 0 Å². The zero-order valence-electron chi connectivity index (χ0n) is 11.8. The molecule has 0 amide bonds. The molecule has 1 atom stereocenters. The maximum atomic E-state index is 4.58. The number of nitrogens with one attached hydrogen (secondary N) is 1. The summed E-state index contributed by atoms with van der Waals surface area (Å²) in [5, 5.41) is 4.77. The van der Waals surface area contributed by atoms with Crippen molar-refractivity contribution in [2.45, 2.75) is 25.3 Å². The predicted molar refractivity (Wildman–Crippen MR) is 85.3 cm³/mol. The standard InChI is InChI=1S/C18H17N3/c1-2-8-16-14(5-1)11-15(12-20-16)21-17-9-3-6-13-7-4-10-19-18(13)17/h1-2,4-5,7-8,10-12,17,21H,3,6,9H2. The molecule has 2 heterocycles. The summed E-state index contributed by atoms with van der Waals surface area (Å²) < 4.78 is 0. The summed E-state index contributed by atoms with van der Waals surface area (Å²) in [5.74, 6) is 0. The van der Waals surface area contributed by atoms with E-state index >= 15 is 0 Å². The van der Waals surface area contributed by atoms with Crippen LogP contribution in [0.3, 0.4) is 0 Å². The molecular weight excluding hydrogens is 258 g/mol. The smallest absolute Gasteiger partial charge is 0.0703 e. The number of fused-ring (bicyclic) bond motifs is 2. The number of aryl methyl sites for hydroxylation is 1. The van der Waals surface area contributed by atoms with Gasteiger partial charge in [0.15, 0.2) is 0 Å². The Hall–Kier alpha value is -2.42. The fraction of sp³-hybridized carbons (Fsp3) is 0.222. The normalized spacial score (nSPS) is 17.4. The van der Waals surface area contributed by atoms with Gasteiger partial charge in [0.1, 0.15) is 0 Å². The van der Waals surface area contributed by atoms with E-state index in [0.29, 0.717) is 0 Å². The van der Waals surface area contributed by atoms with Crippen molar-refractivity contribution in [3.8, 4) is 0 Å². The average molecular weight is 275 g/mol. The molecule has 0 saturated carbocycles. The number of rotatable bonds is 2. The van der Waals surface area contributed by atoms with Crippen molar-refractivity contribution in [1.29, 1.82) is 0 Å². The van der Waals surface area contributed by atoms with Gasteiger partial charge in [-0.3, -0.25) is 9.97 Å². The number of hydrogen-bond acceptors (Lipinski definition) is 3. The van der Waals surface area contributed by atoms with Crippen LogP contribution in [0.15, 0.2) is 54.9 Å². The molecule has 0 radical (unpaired) electrons. The Bertz CT molecular complexity index is 782. The van der Waals surface area contributed by atoms with Gasteiger partial charge in [-0.15, -0.1) is 0 Å². The first-order chi connectivity index (χ1) is 10.4. The summed E-state index contributed by atoms with van der Waals surface area (Å²) in [6.07, 6.45) is 7.27. The third kappa shape index (κ3) is 2.35. The monoisotopic (exact) mass is 275 g/mol. The maximum absolute atomic E-state index is 4.58. The largest absolute Gasteiger partial charge is 0.375 e. The highest BCUT2D eigenvalue weighted by Crippen LogP contribution is 2.31. The van der Waals surface area contributed by atoms with Gasteiger partial charge in [-0.1, -0.05) is 24.3 Å². The van der Waals surface area contributed by atoms with Gasteiger partial charge in [-0.25, -0.2) is 0 Å². The molecule has 3 heteroatoms. The molecule has 4 rings (SSSR count). The molecule has 2 aromatic heterocycles. The first kappa shape index (κ1) is 12.3. The number of hydrogen-bond donors (Lipinski definition) is 1. The van der Waals surface area contributed by atoms with Crippen LogP contribution in [0.2, 0.25) is 0 Å². The molecule has 21 heavy (non-hydrogen) atoms. The second-order valence-electron chi connectivity index (χ2n) is 5.55. The van der Waals surface area contributed by atoms with E-state index in [1.54, 1.807) is 0 Å². The molecule has 1 aromatic carbocycles. The second-order valence-corrected chi connectivity index (χ2v) is 5.55. The summed E-state index contributed by atoms with van der Waals surface area (Å²) in [6.45, 7) is 0. The quantitative estimate of drug-likeness (QED) is 0.764. The van der Waals surface area contributed by atoms with Crippen molar-refractivity contribution < 1.29 is 0 Å². The van der Waals surface area contributed by atoms with Gasteiger partial charge in [-0.2, -0.15) is 0 Å². The molecule has 0 fully saturated rings. The number of para-hydroxylation sites is 1. The Kier molecular flexibility index (Phi) is 3.03. The molecular formula is C18H17N3. The Morgan fingerprint density at radius 2 is 2.00 bits per heavy atom. The summed E-state index contributed by atoms with van der Waals surface area (Å²) in [7, 11) is 0. The van der Waals surface area contributed by atoms with E-state index in [-0.39, 0.29) is 6.04 Å². The molecule has 1 aliphatic rings. The van der Waals surface area contributed by atoms with Crippen LogP contribution in [-0.2, 0) is 6.42 Å². The predicted octanol–water partition coefficient (Wildman–Crippen LogP) is 4.12. The zero-order valence-corrected chi connectivity index (χ0v) is 11.8. The van der Waals surface area contributed by atoms with Crippen molar-refractivity contribution in [1.82, 2.24) is 9.97 Å². The molecule has 0 saturated heterocycles. The van der Waals surface area contributed by atoms with Crippen LogP contribution in [0, 0.1) is 0 Å². The number of benzene rings is 1. The topological polar surface area (TPSA) is 37.8 Å². The molecule has 104 valence electrons. The highest BCUT2D eigenvalue weighted by Gasteiger charge is 2.21. The van der Waals surface area contributed by atoms with Gasteiger partial charge in [-0.05, 0) is 43.0 Å². The molecule has 1 aliphatic carbocycles. The van der Waals surface area contributed by atoms with Crippen molar-refractivity contribution in [2.24, 2.45) is 0 Å². The van der Waals surface area contributed by atoms with Crippen molar-refractivity contribution in [3.63, 3.8) is 0 Å². The lowest BCUT2D eigenvalue weighted by Crippen LogP contribution is -2.18. The van der Waals surface area contributed by atoms with Gasteiger partial charge < -0.3 is 5.32 Å². The van der Waals surface area contributed by atoms with E-state index in [0.717, 1.165) is 24.0 Å². The average Bonchev–Trinajstić information content (AvgIpc) is 2.55. The highest BCUT2D eigenvalue weighted by molar-refractivity contribution is 5.81. The van der Waals surface area contributed by atoms with E-state index in [9.17, 15) is 0 Å². The van der Waals surface area contributed by atoms with E-state index < -0.39 is 0 Å². The molecule has 3 aromatic rings. The maximum Gasteiger partial charge on any atom is 0.0703 e. The third-order valence-electron chi connectivity index (χ3n) is 4.13. The van der Waals surface area contributed by atoms with Gasteiger partial charge in [0, 0.05) is 11.6 Å². The van der Waals surface area contributed by atoms with Crippen LogP contribution < -0.4 is 5.32 Å². The lowest BCUT2D eigenvalue weighted by atomic mass is 9.92. The fourth-order valence-electron chi connectivity index (χ4n) is 3.10. The summed E-state index contributed by atoms with van der Waals surface area (Å²) in [6, 6.07) is 14.9. The van der Waals surface area contributed by atoms with E-state index in [4.69, 9.17) is 0 Å². The van der Waals surface area contributed by atoms with Crippen molar-refractivity contribution >= 4 is 16.6 Å². The molecule has 0 spiro atoms. The van der Waals surface area contributed by atoms with Crippen LogP contribution in [-0.4, -0.2) is 9.97 Å².